The Kier molecular flexibility index (Phi) is 5.67. The highest BCUT2D eigenvalue weighted by Gasteiger charge is 2.55. The summed E-state index contributed by atoms with van der Waals surface area (Å²) in [5.74, 6) is -1.92. The highest BCUT2D eigenvalue weighted by molar-refractivity contribution is 6.07. The predicted molar refractivity (Wildman–Crippen MR) is 118 cm³/mol. The number of carboxylic acid groups (broad SMARTS) is 1. The summed E-state index contributed by atoms with van der Waals surface area (Å²) in [5.41, 5.74) is 7.93. The van der Waals surface area contributed by atoms with Crippen molar-refractivity contribution in [2.45, 2.75) is 56.5 Å². The van der Waals surface area contributed by atoms with E-state index in [0.29, 0.717) is 17.5 Å². The van der Waals surface area contributed by atoms with Gasteiger partial charge in [0.2, 0.25) is 0 Å². The highest BCUT2D eigenvalue weighted by Crippen LogP contribution is 2.53. The zero-order valence-electron chi connectivity index (χ0n) is 17.7. The van der Waals surface area contributed by atoms with Crippen LogP contribution >= 0.6 is 0 Å². The second kappa shape index (κ2) is 8.27. The number of fused-ring (bicyclic) bond motifs is 2. The summed E-state index contributed by atoms with van der Waals surface area (Å²) in [6.45, 7) is 2.07. The molecule has 31 heavy (non-hydrogen) atoms. The molecule has 162 valence electrons. The van der Waals surface area contributed by atoms with E-state index in [1.165, 1.54) is 0 Å². The number of hydrogen-bond acceptors (Lipinski definition) is 4. The number of aldehydes is 1. The van der Waals surface area contributed by atoms with E-state index in [9.17, 15) is 19.5 Å². The molecule has 0 spiro atoms. The lowest BCUT2D eigenvalue weighted by Gasteiger charge is -2.48. The van der Waals surface area contributed by atoms with Crippen molar-refractivity contribution in [1.82, 2.24) is 0 Å². The average Bonchev–Trinajstić information content (AvgIpc) is 3.25. The molecule has 2 aromatic rings. The Labute approximate surface area is 182 Å². The van der Waals surface area contributed by atoms with Gasteiger partial charge in [0.25, 0.3) is 5.91 Å². The number of benzene rings is 2. The van der Waals surface area contributed by atoms with E-state index in [-0.39, 0.29) is 24.3 Å². The van der Waals surface area contributed by atoms with Gasteiger partial charge in [0, 0.05) is 29.6 Å². The first-order valence-corrected chi connectivity index (χ1v) is 10.9. The minimum Gasteiger partial charge on any atom is -0.480 e. The SMILES string of the molecule is CCc1ccc(C(=O)N2c3ccccc3C(C(N)(CC=O)C(=O)O)C3CCCC32)cc1. The van der Waals surface area contributed by atoms with E-state index in [1.807, 2.05) is 53.4 Å². The zero-order chi connectivity index (χ0) is 22.2. The third-order valence-corrected chi connectivity index (χ3v) is 7.02. The van der Waals surface area contributed by atoms with Crippen LogP contribution in [0.1, 0.15) is 60.0 Å². The predicted octanol–water partition coefficient (Wildman–Crippen LogP) is 3.53. The number of para-hydroxylation sites is 1. The maximum absolute atomic E-state index is 13.6. The summed E-state index contributed by atoms with van der Waals surface area (Å²) in [7, 11) is 0. The summed E-state index contributed by atoms with van der Waals surface area (Å²) >= 11 is 0. The Hall–Kier alpha value is -2.99. The molecule has 0 radical (unpaired) electrons. The number of aryl methyl sites for hydroxylation is 1. The standard InChI is InChI=1S/C25H28N2O4/c1-2-16-10-12-17(13-11-16)23(29)27-20-8-4-3-6-18(20)22(19-7-5-9-21(19)27)25(26,14-15-28)24(30)31/h3-4,6,8,10-13,15,19,21-22H,2,5,7,9,14,26H2,1H3,(H,30,31). The van der Waals surface area contributed by atoms with E-state index < -0.39 is 17.4 Å². The molecule has 1 amide bonds. The van der Waals surface area contributed by atoms with E-state index in [4.69, 9.17) is 5.73 Å². The van der Waals surface area contributed by atoms with Crippen LogP contribution in [0.2, 0.25) is 0 Å². The number of carbonyl (C=O) groups excluding carboxylic acids is 2. The van der Waals surface area contributed by atoms with Crippen LogP contribution in [0.25, 0.3) is 0 Å². The lowest BCUT2D eigenvalue weighted by molar-refractivity contribution is -0.146. The number of amides is 1. The number of aliphatic carboxylic acids is 1. The van der Waals surface area contributed by atoms with Crippen LogP contribution in [0, 0.1) is 5.92 Å². The van der Waals surface area contributed by atoms with Crippen molar-refractivity contribution in [1.29, 1.82) is 0 Å². The highest BCUT2D eigenvalue weighted by atomic mass is 16.4. The molecule has 3 N–H and O–H groups in total. The topological polar surface area (TPSA) is 101 Å². The van der Waals surface area contributed by atoms with E-state index >= 15 is 0 Å². The molecule has 4 unspecified atom stereocenters. The summed E-state index contributed by atoms with van der Waals surface area (Å²) in [6, 6.07) is 14.9. The molecule has 0 bridgehead atoms. The molecule has 0 saturated heterocycles. The molecule has 1 fully saturated rings. The third-order valence-electron chi connectivity index (χ3n) is 7.02. The van der Waals surface area contributed by atoms with E-state index in [0.717, 1.165) is 36.8 Å². The first-order valence-electron chi connectivity index (χ1n) is 10.9. The number of anilines is 1. The molecule has 4 atom stereocenters. The second-order valence-corrected chi connectivity index (χ2v) is 8.64. The third kappa shape index (κ3) is 3.45. The molecular weight excluding hydrogens is 392 g/mol. The summed E-state index contributed by atoms with van der Waals surface area (Å²) in [5, 5.41) is 10.00. The fourth-order valence-electron chi connectivity index (χ4n) is 5.48. The zero-order valence-corrected chi connectivity index (χ0v) is 17.7. The van der Waals surface area contributed by atoms with Crippen LogP contribution in [-0.4, -0.2) is 34.8 Å². The molecular formula is C25H28N2O4. The molecule has 1 saturated carbocycles. The maximum Gasteiger partial charge on any atom is 0.324 e. The maximum atomic E-state index is 13.6. The number of nitrogens with two attached hydrogens (primary N) is 1. The molecule has 6 heteroatoms. The Balaban J connectivity index is 1.84. The number of rotatable bonds is 6. The van der Waals surface area contributed by atoms with Crippen LogP contribution in [-0.2, 0) is 16.0 Å². The van der Waals surface area contributed by atoms with Gasteiger partial charge in [0.1, 0.15) is 11.8 Å². The van der Waals surface area contributed by atoms with Crippen LogP contribution in [0.15, 0.2) is 48.5 Å². The monoisotopic (exact) mass is 420 g/mol. The normalized spacial score (nSPS) is 24.1. The van der Waals surface area contributed by atoms with Gasteiger partial charge in [-0.3, -0.25) is 9.59 Å². The van der Waals surface area contributed by atoms with Crippen molar-refractivity contribution in [3.8, 4) is 0 Å². The summed E-state index contributed by atoms with van der Waals surface area (Å²) in [6.07, 6.45) is 3.66. The number of carboxylic acids is 1. The molecule has 1 heterocycles. The lowest BCUT2D eigenvalue weighted by atomic mass is 9.66. The summed E-state index contributed by atoms with van der Waals surface area (Å²) < 4.78 is 0. The van der Waals surface area contributed by atoms with Gasteiger partial charge in [-0.15, -0.1) is 0 Å². The minimum atomic E-state index is -1.71. The first kappa shape index (κ1) is 21.2. The van der Waals surface area contributed by atoms with Gasteiger partial charge in [-0.1, -0.05) is 43.7 Å². The van der Waals surface area contributed by atoms with Gasteiger partial charge in [-0.05, 0) is 54.5 Å². The average molecular weight is 421 g/mol. The Morgan fingerprint density at radius 1 is 1.16 bits per heavy atom. The molecule has 1 aliphatic heterocycles. The largest absolute Gasteiger partial charge is 0.480 e. The van der Waals surface area contributed by atoms with Gasteiger partial charge in [0.05, 0.1) is 0 Å². The fourth-order valence-corrected chi connectivity index (χ4v) is 5.48. The smallest absolute Gasteiger partial charge is 0.324 e. The molecule has 2 aliphatic rings. The van der Waals surface area contributed by atoms with Gasteiger partial charge in [-0.2, -0.15) is 0 Å². The summed E-state index contributed by atoms with van der Waals surface area (Å²) in [4.78, 5) is 39.1. The van der Waals surface area contributed by atoms with Gasteiger partial charge >= 0.3 is 5.97 Å². The molecule has 6 nitrogen and oxygen atoms in total. The van der Waals surface area contributed by atoms with Crippen LogP contribution in [0.5, 0.6) is 0 Å². The number of carbonyl (C=O) groups is 3. The molecule has 2 aromatic carbocycles. The Morgan fingerprint density at radius 3 is 2.52 bits per heavy atom. The molecule has 1 aliphatic carbocycles. The first-order chi connectivity index (χ1) is 14.9. The van der Waals surface area contributed by atoms with Crippen molar-refractivity contribution in [2.75, 3.05) is 4.90 Å². The number of nitrogens with zero attached hydrogens (tertiary/aromatic N) is 1. The van der Waals surface area contributed by atoms with Gasteiger partial charge in [-0.25, -0.2) is 0 Å². The van der Waals surface area contributed by atoms with Crippen molar-refractivity contribution >= 4 is 23.9 Å². The number of hydrogen-bond donors (Lipinski definition) is 2. The van der Waals surface area contributed by atoms with Crippen LogP contribution < -0.4 is 10.6 Å². The van der Waals surface area contributed by atoms with E-state index in [2.05, 4.69) is 6.92 Å². The van der Waals surface area contributed by atoms with Crippen LogP contribution in [0.3, 0.4) is 0 Å². The Morgan fingerprint density at radius 2 is 1.87 bits per heavy atom. The molecule has 0 aromatic heterocycles. The quantitative estimate of drug-likeness (QED) is 0.696. The van der Waals surface area contributed by atoms with Crippen molar-refractivity contribution in [3.05, 3.63) is 65.2 Å². The lowest BCUT2D eigenvalue weighted by Crippen LogP contribution is -2.60. The van der Waals surface area contributed by atoms with Crippen molar-refractivity contribution in [2.24, 2.45) is 11.7 Å². The molecule has 4 rings (SSSR count). The van der Waals surface area contributed by atoms with Crippen LogP contribution in [0.4, 0.5) is 5.69 Å². The minimum absolute atomic E-state index is 0.0845. The van der Waals surface area contributed by atoms with Gasteiger partial charge < -0.3 is 20.5 Å². The fraction of sp³-hybridized carbons (Fsp3) is 0.400. The van der Waals surface area contributed by atoms with Crippen molar-refractivity contribution < 1.29 is 19.5 Å². The van der Waals surface area contributed by atoms with E-state index in [1.54, 1.807) is 0 Å². The van der Waals surface area contributed by atoms with Crippen molar-refractivity contribution in [3.63, 3.8) is 0 Å². The Bertz CT molecular complexity index is 1000. The van der Waals surface area contributed by atoms with Gasteiger partial charge in [0.15, 0.2) is 0 Å². The second-order valence-electron chi connectivity index (χ2n) is 8.64.